The molecule has 0 fully saturated rings. The number of nitrogens with zero attached hydrogens (tertiary/aromatic N) is 2. The summed E-state index contributed by atoms with van der Waals surface area (Å²) >= 11 is 0. The van der Waals surface area contributed by atoms with Crippen LogP contribution >= 0.6 is 0 Å². The lowest BCUT2D eigenvalue weighted by molar-refractivity contribution is -0.133. The molecule has 3 aromatic rings. The van der Waals surface area contributed by atoms with Crippen LogP contribution in [0.1, 0.15) is 28.8 Å². The molecule has 0 radical (unpaired) electrons. The van der Waals surface area contributed by atoms with E-state index in [1.165, 1.54) is 10.9 Å². The van der Waals surface area contributed by atoms with E-state index in [4.69, 9.17) is 9.47 Å². The van der Waals surface area contributed by atoms with Crippen molar-refractivity contribution in [3.8, 4) is 11.5 Å². The van der Waals surface area contributed by atoms with Gasteiger partial charge >= 0.3 is 0 Å². The molecule has 0 atom stereocenters. The molecule has 0 unspecified atom stereocenters. The van der Waals surface area contributed by atoms with Gasteiger partial charge in [-0.3, -0.25) is 9.59 Å². The molecule has 0 spiro atoms. The smallest absolute Gasteiger partial charge is 0.230 e. The number of fused-ring (bicyclic) bond motifs is 4. The van der Waals surface area contributed by atoms with Crippen LogP contribution in [0.25, 0.3) is 17.0 Å². The van der Waals surface area contributed by atoms with Crippen LogP contribution in [0.4, 0.5) is 0 Å². The second-order valence-electron chi connectivity index (χ2n) is 8.43. The Bertz CT molecular complexity index is 1260. The molecule has 7 heteroatoms. The van der Waals surface area contributed by atoms with Gasteiger partial charge in [0.05, 0.1) is 27.2 Å². The van der Waals surface area contributed by atoms with E-state index < -0.39 is 0 Å². The van der Waals surface area contributed by atoms with Crippen LogP contribution in [0.2, 0.25) is 0 Å². The first-order valence-corrected chi connectivity index (χ1v) is 11.2. The molecule has 7 nitrogen and oxygen atoms in total. The molecular formula is C26H27N3O4. The highest BCUT2D eigenvalue weighted by atomic mass is 16.5. The first-order valence-electron chi connectivity index (χ1n) is 11.2. The minimum absolute atomic E-state index is 0.0402. The summed E-state index contributed by atoms with van der Waals surface area (Å²) in [6.45, 7) is 1.63. The van der Waals surface area contributed by atoms with Crippen molar-refractivity contribution in [3.05, 3.63) is 65.0 Å². The fraction of sp³-hybridized carbons (Fsp3) is 0.308. The highest BCUT2D eigenvalue weighted by molar-refractivity contribution is 5.87. The Morgan fingerprint density at radius 2 is 1.91 bits per heavy atom. The summed E-state index contributed by atoms with van der Waals surface area (Å²) in [4.78, 5) is 32.8. The molecule has 0 saturated carbocycles. The molecule has 0 bridgehead atoms. The van der Waals surface area contributed by atoms with E-state index in [-0.39, 0.29) is 24.7 Å². The van der Waals surface area contributed by atoms with E-state index in [1.807, 2.05) is 35.2 Å². The topological polar surface area (TPSA) is 74.9 Å². The summed E-state index contributed by atoms with van der Waals surface area (Å²) in [5.41, 5.74) is 5.33. The number of para-hydroxylation sites is 1. The maximum atomic E-state index is 13.0. The third kappa shape index (κ3) is 3.95. The van der Waals surface area contributed by atoms with Crippen molar-refractivity contribution in [2.24, 2.45) is 0 Å². The molecule has 1 aromatic heterocycles. The summed E-state index contributed by atoms with van der Waals surface area (Å²) in [7, 11) is 3.17. The maximum Gasteiger partial charge on any atom is 0.230 e. The fourth-order valence-corrected chi connectivity index (χ4v) is 4.74. The van der Waals surface area contributed by atoms with Gasteiger partial charge in [0.2, 0.25) is 11.8 Å². The first kappa shape index (κ1) is 21.1. The van der Waals surface area contributed by atoms with Crippen molar-refractivity contribution in [1.82, 2.24) is 14.8 Å². The number of ether oxygens (including phenoxy) is 2. The van der Waals surface area contributed by atoms with Gasteiger partial charge in [0.15, 0.2) is 11.5 Å². The molecule has 2 aliphatic rings. The summed E-state index contributed by atoms with van der Waals surface area (Å²) in [6.07, 6.45) is 5.03. The molecule has 2 amide bonds. The van der Waals surface area contributed by atoms with E-state index >= 15 is 0 Å². The number of nitrogens with one attached hydrogen (secondary N) is 1. The average molecular weight is 446 g/mol. The van der Waals surface area contributed by atoms with Crippen LogP contribution < -0.4 is 9.47 Å². The minimum Gasteiger partial charge on any atom is -0.493 e. The van der Waals surface area contributed by atoms with E-state index in [0.29, 0.717) is 31.1 Å². The summed E-state index contributed by atoms with van der Waals surface area (Å²) in [5, 5.41) is 1.24. The van der Waals surface area contributed by atoms with Gasteiger partial charge in [-0.2, -0.15) is 0 Å². The summed E-state index contributed by atoms with van der Waals surface area (Å²) in [6, 6.07) is 12.0. The van der Waals surface area contributed by atoms with Gasteiger partial charge in [-0.1, -0.05) is 18.2 Å². The van der Waals surface area contributed by atoms with Gasteiger partial charge in [0.1, 0.15) is 0 Å². The van der Waals surface area contributed by atoms with E-state index in [2.05, 4.69) is 17.1 Å². The van der Waals surface area contributed by atoms with Crippen molar-refractivity contribution in [1.29, 1.82) is 0 Å². The first-order chi connectivity index (χ1) is 16.1. The lowest BCUT2D eigenvalue weighted by atomic mass is 10.0. The molecule has 33 heavy (non-hydrogen) atoms. The number of methoxy groups -OCH3 is 2. The molecular weight excluding hydrogens is 418 g/mol. The number of hydrogen-bond donors (Lipinski definition) is 1. The lowest BCUT2D eigenvalue weighted by Crippen LogP contribution is -2.38. The molecule has 5 rings (SSSR count). The Labute approximate surface area is 192 Å². The predicted octanol–water partition coefficient (Wildman–Crippen LogP) is 3.52. The van der Waals surface area contributed by atoms with Crippen LogP contribution in [0, 0.1) is 0 Å². The Hall–Kier alpha value is -3.74. The number of amides is 2. The number of hydrogen-bond acceptors (Lipinski definition) is 4. The molecule has 0 aliphatic carbocycles. The predicted molar refractivity (Wildman–Crippen MR) is 126 cm³/mol. The zero-order valence-corrected chi connectivity index (χ0v) is 18.9. The van der Waals surface area contributed by atoms with Gasteiger partial charge in [0.25, 0.3) is 0 Å². The molecule has 0 saturated heterocycles. The van der Waals surface area contributed by atoms with Crippen LogP contribution in [0.15, 0.2) is 42.6 Å². The minimum atomic E-state index is -0.0402. The van der Waals surface area contributed by atoms with Crippen molar-refractivity contribution in [3.63, 3.8) is 0 Å². The van der Waals surface area contributed by atoms with Crippen LogP contribution in [0.5, 0.6) is 11.5 Å². The Morgan fingerprint density at radius 3 is 2.73 bits per heavy atom. The molecule has 2 aliphatic heterocycles. The second kappa shape index (κ2) is 8.65. The highest BCUT2D eigenvalue weighted by Crippen LogP contribution is 2.33. The largest absolute Gasteiger partial charge is 0.493 e. The van der Waals surface area contributed by atoms with Gasteiger partial charge in [-0.05, 0) is 47.4 Å². The van der Waals surface area contributed by atoms with Gasteiger partial charge < -0.3 is 24.3 Å². The normalized spacial score (nSPS) is 15.3. The van der Waals surface area contributed by atoms with Gasteiger partial charge in [-0.15, -0.1) is 0 Å². The zero-order chi connectivity index (χ0) is 22.9. The maximum absolute atomic E-state index is 13.0. The number of aromatic nitrogens is 1. The van der Waals surface area contributed by atoms with Crippen LogP contribution in [-0.2, 0) is 29.0 Å². The number of carbonyl (C=O) groups excluding carboxylic acids is 2. The second-order valence-corrected chi connectivity index (χ2v) is 8.43. The number of H-pyrrole nitrogens is 1. The number of rotatable bonds is 5. The van der Waals surface area contributed by atoms with Crippen molar-refractivity contribution in [2.45, 2.75) is 25.8 Å². The van der Waals surface area contributed by atoms with Crippen LogP contribution in [0.3, 0.4) is 0 Å². The SMILES string of the molecule is COc1cc2c(cc1OC)CC(=O)N(CCC(=O)N1CCc3c([nH]c4ccccc34)C1)C=C2. The third-order valence-corrected chi connectivity index (χ3v) is 6.54. The van der Waals surface area contributed by atoms with E-state index in [9.17, 15) is 9.59 Å². The lowest BCUT2D eigenvalue weighted by Gasteiger charge is -2.28. The van der Waals surface area contributed by atoms with Gasteiger partial charge in [0, 0.05) is 42.3 Å². The monoisotopic (exact) mass is 445 g/mol. The molecule has 1 N–H and O–H groups in total. The van der Waals surface area contributed by atoms with E-state index in [1.54, 1.807) is 25.3 Å². The van der Waals surface area contributed by atoms with Gasteiger partial charge in [-0.25, -0.2) is 0 Å². The Kier molecular flexibility index (Phi) is 5.54. The molecule has 170 valence electrons. The number of carbonyl (C=O) groups is 2. The van der Waals surface area contributed by atoms with E-state index in [0.717, 1.165) is 28.8 Å². The fourth-order valence-electron chi connectivity index (χ4n) is 4.74. The summed E-state index contributed by atoms with van der Waals surface area (Å²) < 4.78 is 10.7. The average Bonchev–Trinajstić information content (AvgIpc) is 3.13. The Balaban J connectivity index is 1.25. The Morgan fingerprint density at radius 1 is 1.12 bits per heavy atom. The van der Waals surface area contributed by atoms with Crippen molar-refractivity contribution < 1.29 is 19.1 Å². The number of aromatic amines is 1. The molecule has 3 heterocycles. The third-order valence-electron chi connectivity index (χ3n) is 6.54. The quantitative estimate of drug-likeness (QED) is 0.652. The van der Waals surface area contributed by atoms with Crippen molar-refractivity contribution in [2.75, 3.05) is 27.3 Å². The highest BCUT2D eigenvalue weighted by Gasteiger charge is 2.25. The molecule has 2 aromatic carbocycles. The van der Waals surface area contributed by atoms with Crippen molar-refractivity contribution >= 4 is 28.8 Å². The zero-order valence-electron chi connectivity index (χ0n) is 18.9. The standard InChI is InChI=1S/C26H27N3O4/c1-32-23-13-17-7-10-28(26(31)15-18(17)14-24(23)33-2)12-9-25(30)29-11-8-20-19-5-3-4-6-21(19)27-22(20)16-29/h3-7,10,13-14,27H,8-9,11-12,15-16H2,1-2H3. The van der Waals surface area contributed by atoms with Crippen LogP contribution in [-0.4, -0.2) is 53.9 Å². The summed E-state index contributed by atoms with van der Waals surface area (Å²) in [5.74, 6) is 1.24. The number of benzene rings is 2.